The van der Waals surface area contributed by atoms with Crippen LogP contribution in [0.3, 0.4) is 0 Å². The largest absolute Gasteiger partial charge is 0.478 e. The van der Waals surface area contributed by atoms with Crippen molar-refractivity contribution in [3.8, 4) is 0 Å². The normalized spacial score (nSPS) is 19.8. The average Bonchev–Trinajstić information content (AvgIpc) is 2.84. The highest BCUT2D eigenvalue weighted by Gasteiger charge is 2.34. The molecule has 1 aromatic carbocycles. The Kier molecular flexibility index (Phi) is 4.85. The van der Waals surface area contributed by atoms with Crippen LogP contribution in [0.4, 0.5) is 0 Å². The van der Waals surface area contributed by atoms with Crippen LogP contribution in [0.15, 0.2) is 24.3 Å². The van der Waals surface area contributed by atoms with Gasteiger partial charge in [0, 0.05) is 18.2 Å². The smallest absolute Gasteiger partial charge is 0.335 e. The monoisotopic (exact) mass is 325 g/mol. The van der Waals surface area contributed by atoms with Crippen molar-refractivity contribution in [1.29, 1.82) is 0 Å². The average molecular weight is 325 g/mol. The van der Waals surface area contributed by atoms with Gasteiger partial charge >= 0.3 is 5.97 Å². The van der Waals surface area contributed by atoms with Crippen molar-refractivity contribution in [2.45, 2.75) is 25.8 Å². The summed E-state index contributed by atoms with van der Waals surface area (Å²) in [5.74, 6) is -1.18. The number of hydrogen-bond donors (Lipinski definition) is 1. The highest BCUT2D eigenvalue weighted by molar-refractivity contribution is 7.91. The van der Waals surface area contributed by atoms with Gasteiger partial charge in [-0.3, -0.25) is 4.79 Å². The van der Waals surface area contributed by atoms with Crippen LogP contribution in [0.2, 0.25) is 0 Å². The molecule has 1 unspecified atom stereocenters. The zero-order valence-corrected chi connectivity index (χ0v) is 13.2. The van der Waals surface area contributed by atoms with E-state index in [-0.39, 0.29) is 29.0 Å². The molecule has 0 aromatic heterocycles. The fourth-order valence-corrected chi connectivity index (χ4v) is 4.36. The molecule has 0 bridgehead atoms. The van der Waals surface area contributed by atoms with Gasteiger partial charge in [-0.05, 0) is 37.1 Å². The maximum atomic E-state index is 12.6. The highest BCUT2D eigenvalue weighted by Crippen LogP contribution is 2.20. The molecule has 2 rings (SSSR count). The van der Waals surface area contributed by atoms with Crippen molar-refractivity contribution in [2.75, 3.05) is 18.1 Å². The first-order chi connectivity index (χ1) is 10.3. The van der Waals surface area contributed by atoms with Crippen LogP contribution in [0.5, 0.6) is 0 Å². The lowest BCUT2D eigenvalue weighted by atomic mass is 10.1. The van der Waals surface area contributed by atoms with Crippen molar-refractivity contribution in [1.82, 2.24) is 4.90 Å². The fraction of sp³-hybridized carbons (Fsp3) is 0.467. The van der Waals surface area contributed by atoms with Gasteiger partial charge in [-0.25, -0.2) is 13.2 Å². The number of amides is 1. The molecule has 1 aliphatic rings. The van der Waals surface area contributed by atoms with Crippen LogP contribution < -0.4 is 0 Å². The lowest BCUT2D eigenvalue weighted by Crippen LogP contribution is -2.41. The molecule has 0 saturated carbocycles. The molecule has 1 saturated heterocycles. The van der Waals surface area contributed by atoms with Crippen LogP contribution in [-0.2, 0) is 9.84 Å². The number of nitrogens with zero attached hydrogens (tertiary/aromatic N) is 1. The summed E-state index contributed by atoms with van der Waals surface area (Å²) >= 11 is 0. The van der Waals surface area contributed by atoms with Crippen LogP contribution in [0.25, 0.3) is 0 Å². The van der Waals surface area contributed by atoms with Gasteiger partial charge in [-0.1, -0.05) is 6.92 Å². The number of carbonyl (C=O) groups is 2. The highest BCUT2D eigenvalue weighted by atomic mass is 32.2. The molecule has 120 valence electrons. The molecule has 1 aromatic rings. The Balaban J connectivity index is 2.21. The third kappa shape index (κ3) is 3.65. The summed E-state index contributed by atoms with van der Waals surface area (Å²) in [7, 11) is -3.06. The maximum Gasteiger partial charge on any atom is 0.335 e. The summed E-state index contributed by atoms with van der Waals surface area (Å²) in [5, 5.41) is 8.88. The van der Waals surface area contributed by atoms with Crippen molar-refractivity contribution in [3.05, 3.63) is 35.4 Å². The molecule has 1 amide bonds. The molecule has 22 heavy (non-hydrogen) atoms. The molecule has 7 heteroatoms. The van der Waals surface area contributed by atoms with E-state index in [1.807, 2.05) is 6.92 Å². The topological polar surface area (TPSA) is 91.8 Å². The molecule has 1 heterocycles. The molecule has 0 spiro atoms. The van der Waals surface area contributed by atoms with E-state index in [1.165, 1.54) is 24.3 Å². The number of benzene rings is 1. The Morgan fingerprint density at radius 2 is 1.82 bits per heavy atom. The molecule has 6 nitrogen and oxygen atoms in total. The van der Waals surface area contributed by atoms with Gasteiger partial charge in [-0.2, -0.15) is 0 Å². The SMILES string of the molecule is CCCN(C(=O)c1ccc(C(=O)O)cc1)C1CCS(=O)(=O)C1. The molecule has 1 N–H and O–H groups in total. The second-order valence-electron chi connectivity index (χ2n) is 5.44. The Hall–Kier alpha value is -1.89. The van der Waals surface area contributed by atoms with Gasteiger partial charge in [-0.15, -0.1) is 0 Å². The van der Waals surface area contributed by atoms with Gasteiger partial charge < -0.3 is 10.0 Å². The van der Waals surface area contributed by atoms with E-state index in [9.17, 15) is 18.0 Å². The number of hydrogen-bond acceptors (Lipinski definition) is 4. The third-order valence-electron chi connectivity index (χ3n) is 3.75. The first kappa shape index (κ1) is 16.5. The van der Waals surface area contributed by atoms with Crippen molar-refractivity contribution < 1.29 is 23.1 Å². The van der Waals surface area contributed by atoms with Crippen LogP contribution in [0.1, 0.15) is 40.5 Å². The third-order valence-corrected chi connectivity index (χ3v) is 5.50. The Morgan fingerprint density at radius 3 is 2.27 bits per heavy atom. The Labute approximate surface area is 129 Å². The minimum absolute atomic E-state index is 0.00590. The number of carboxylic acid groups (broad SMARTS) is 1. The van der Waals surface area contributed by atoms with Crippen LogP contribution in [0, 0.1) is 0 Å². The number of aromatic carboxylic acids is 1. The van der Waals surface area contributed by atoms with E-state index in [0.717, 1.165) is 6.42 Å². The van der Waals surface area contributed by atoms with E-state index in [2.05, 4.69) is 0 Å². The standard InChI is InChI=1S/C15H19NO5S/c1-2-8-16(13-7-9-22(20,21)10-13)14(17)11-3-5-12(6-4-11)15(18)19/h3-6,13H,2,7-10H2,1H3,(H,18,19). The van der Waals surface area contributed by atoms with Gasteiger partial charge in [0.25, 0.3) is 5.91 Å². The van der Waals surface area contributed by atoms with E-state index in [0.29, 0.717) is 18.5 Å². The number of sulfone groups is 1. The minimum Gasteiger partial charge on any atom is -0.478 e. The van der Waals surface area contributed by atoms with Crippen molar-refractivity contribution >= 4 is 21.7 Å². The Morgan fingerprint density at radius 1 is 1.23 bits per heavy atom. The summed E-state index contributed by atoms with van der Waals surface area (Å²) < 4.78 is 23.3. The van der Waals surface area contributed by atoms with Gasteiger partial charge in [0.1, 0.15) is 0 Å². The molecule has 1 aliphatic heterocycles. The predicted molar refractivity (Wildman–Crippen MR) is 81.8 cm³/mol. The Bertz CT molecular complexity index is 666. The van der Waals surface area contributed by atoms with Gasteiger partial charge in [0.15, 0.2) is 9.84 Å². The predicted octanol–water partition coefficient (Wildman–Crippen LogP) is 1.42. The van der Waals surface area contributed by atoms with E-state index in [4.69, 9.17) is 5.11 Å². The van der Waals surface area contributed by atoms with Crippen molar-refractivity contribution in [3.63, 3.8) is 0 Å². The maximum absolute atomic E-state index is 12.6. The second-order valence-corrected chi connectivity index (χ2v) is 7.67. The summed E-state index contributed by atoms with van der Waals surface area (Å²) in [6, 6.07) is 5.41. The summed E-state index contributed by atoms with van der Waals surface area (Å²) in [4.78, 5) is 25.0. The fourth-order valence-electron chi connectivity index (χ4n) is 2.63. The molecule has 1 fully saturated rings. The number of carboxylic acids is 1. The lowest BCUT2D eigenvalue weighted by Gasteiger charge is -2.28. The zero-order chi connectivity index (χ0) is 16.3. The van der Waals surface area contributed by atoms with Crippen LogP contribution >= 0.6 is 0 Å². The molecular formula is C15H19NO5S. The van der Waals surface area contributed by atoms with E-state index in [1.54, 1.807) is 4.90 Å². The summed E-state index contributed by atoms with van der Waals surface area (Å²) in [6.07, 6.45) is 1.19. The van der Waals surface area contributed by atoms with E-state index < -0.39 is 15.8 Å². The molecular weight excluding hydrogens is 306 g/mol. The minimum atomic E-state index is -3.06. The number of rotatable bonds is 5. The zero-order valence-electron chi connectivity index (χ0n) is 12.4. The molecule has 0 aliphatic carbocycles. The first-order valence-corrected chi connectivity index (χ1v) is 9.01. The summed E-state index contributed by atoms with van der Waals surface area (Å²) in [5.41, 5.74) is 0.491. The molecule has 1 atom stereocenters. The first-order valence-electron chi connectivity index (χ1n) is 7.19. The number of carbonyl (C=O) groups excluding carboxylic acids is 1. The van der Waals surface area contributed by atoms with Crippen molar-refractivity contribution in [2.24, 2.45) is 0 Å². The summed E-state index contributed by atoms with van der Waals surface area (Å²) in [6.45, 7) is 2.41. The quantitative estimate of drug-likeness (QED) is 0.884. The molecule has 0 radical (unpaired) electrons. The van der Waals surface area contributed by atoms with E-state index >= 15 is 0 Å². The van der Waals surface area contributed by atoms with Gasteiger partial charge in [0.05, 0.1) is 17.1 Å². The van der Waals surface area contributed by atoms with Gasteiger partial charge in [0.2, 0.25) is 0 Å². The lowest BCUT2D eigenvalue weighted by molar-refractivity contribution is 0.0683. The second kappa shape index (κ2) is 6.48. The van der Waals surface area contributed by atoms with Crippen LogP contribution in [-0.4, -0.2) is 54.4 Å².